The van der Waals surface area contributed by atoms with Gasteiger partial charge in [-0.05, 0) is 17.2 Å². The van der Waals surface area contributed by atoms with Crippen LogP contribution in [0.15, 0.2) is 30.3 Å². The van der Waals surface area contributed by atoms with Crippen molar-refractivity contribution in [3.8, 4) is 0 Å². The molecular weight excluding hydrogens is 290 g/mol. The van der Waals surface area contributed by atoms with Gasteiger partial charge in [-0.1, -0.05) is 37.3 Å². The Balaban J connectivity index is 1.94. The molecule has 0 aromatic heterocycles. The van der Waals surface area contributed by atoms with Gasteiger partial charge < -0.3 is 15.2 Å². The number of hydrogen-bond acceptors (Lipinski definition) is 4. The van der Waals surface area contributed by atoms with E-state index in [1.165, 1.54) is 0 Å². The Morgan fingerprint density at radius 2 is 2.14 bits per heavy atom. The lowest BCUT2D eigenvalue weighted by atomic mass is 9.85. The molecule has 2 unspecified atom stereocenters. The van der Waals surface area contributed by atoms with Gasteiger partial charge in [0.2, 0.25) is 0 Å². The highest BCUT2D eigenvalue weighted by Crippen LogP contribution is 2.36. The summed E-state index contributed by atoms with van der Waals surface area (Å²) in [6.07, 6.45) is -0.642. The first kappa shape index (κ1) is 15.7. The summed E-state index contributed by atoms with van der Waals surface area (Å²) in [7, 11) is 0. The third-order valence-electron chi connectivity index (χ3n) is 3.70. The zero-order chi connectivity index (χ0) is 15.3. The summed E-state index contributed by atoms with van der Waals surface area (Å²) in [6, 6.07) is 9.38. The van der Waals surface area contributed by atoms with E-state index in [4.69, 9.17) is 9.84 Å². The molecule has 114 valence electrons. The van der Waals surface area contributed by atoms with E-state index in [0.717, 1.165) is 11.3 Å². The number of carboxylic acid groups (broad SMARTS) is 1. The van der Waals surface area contributed by atoms with Gasteiger partial charge in [-0.2, -0.15) is 11.8 Å². The van der Waals surface area contributed by atoms with Crippen molar-refractivity contribution in [3.63, 3.8) is 0 Å². The minimum atomic E-state index is -0.910. The third kappa shape index (κ3) is 4.14. The molecule has 0 spiro atoms. The van der Waals surface area contributed by atoms with E-state index in [1.807, 2.05) is 37.3 Å². The number of amides is 1. The van der Waals surface area contributed by atoms with Gasteiger partial charge in [0.25, 0.3) is 0 Å². The Morgan fingerprint density at radius 1 is 1.43 bits per heavy atom. The number of ether oxygens (including phenoxy) is 1. The van der Waals surface area contributed by atoms with Crippen molar-refractivity contribution < 1.29 is 19.4 Å². The monoisotopic (exact) mass is 309 g/mol. The maximum Gasteiger partial charge on any atom is 0.407 e. The average Bonchev–Trinajstić information content (AvgIpc) is 2.78. The van der Waals surface area contributed by atoms with Crippen LogP contribution in [-0.2, 0) is 16.1 Å². The van der Waals surface area contributed by atoms with Gasteiger partial charge in [0, 0.05) is 5.75 Å². The molecule has 2 N–H and O–H groups in total. The average molecular weight is 309 g/mol. The Bertz CT molecular complexity index is 508. The first-order chi connectivity index (χ1) is 10.0. The van der Waals surface area contributed by atoms with E-state index >= 15 is 0 Å². The normalized spacial score (nSPS) is 24.5. The molecule has 21 heavy (non-hydrogen) atoms. The van der Waals surface area contributed by atoms with Crippen molar-refractivity contribution in [3.05, 3.63) is 35.9 Å². The van der Waals surface area contributed by atoms with Gasteiger partial charge in [0.05, 0.1) is 12.0 Å². The van der Waals surface area contributed by atoms with Gasteiger partial charge in [-0.15, -0.1) is 0 Å². The molecule has 5 nitrogen and oxygen atoms in total. The number of thioether (sulfide) groups is 1. The number of alkyl carbamates (subject to hydrolysis) is 1. The Hall–Kier alpha value is -1.69. The van der Waals surface area contributed by atoms with Crippen molar-refractivity contribution >= 4 is 23.8 Å². The largest absolute Gasteiger partial charge is 0.481 e. The van der Waals surface area contributed by atoms with E-state index in [9.17, 15) is 9.59 Å². The van der Waals surface area contributed by atoms with Crippen molar-refractivity contribution in [2.45, 2.75) is 25.5 Å². The second-order valence-corrected chi connectivity index (χ2v) is 6.36. The number of carboxylic acids is 1. The molecule has 6 heteroatoms. The van der Waals surface area contributed by atoms with Crippen LogP contribution in [0.3, 0.4) is 0 Å². The molecule has 1 aromatic carbocycles. The number of rotatable bonds is 5. The predicted octanol–water partition coefficient (Wildman–Crippen LogP) is 2.51. The fourth-order valence-corrected chi connectivity index (χ4v) is 3.99. The second kappa shape index (κ2) is 6.85. The van der Waals surface area contributed by atoms with Crippen LogP contribution >= 0.6 is 11.8 Å². The molecule has 0 radical (unpaired) electrons. The van der Waals surface area contributed by atoms with E-state index in [0.29, 0.717) is 5.75 Å². The van der Waals surface area contributed by atoms with Gasteiger partial charge in [-0.3, -0.25) is 4.79 Å². The summed E-state index contributed by atoms with van der Waals surface area (Å²) < 4.78 is 5.19. The molecule has 1 amide bonds. The fraction of sp³-hybridized carbons (Fsp3) is 0.467. The molecule has 0 bridgehead atoms. The highest BCUT2D eigenvalue weighted by atomic mass is 32.2. The van der Waals surface area contributed by atoms with E-state index < -0.39 is 17.6 Å². The highest BCUT2D eigenvalue weighted by molar-refractivity contribution is 7.99. The molecule has 1 heterocycles. The van der Waals surface area contributed by atoms with Crippen LogP contribution in [-0.4, -0.2) is 34.2 Å². The number of benzene rings is 1. The third-order valence-corrected chi connectivity index (χ3v) is 5.16. The molecule has 1 aromatic rings. The number of nitrogens with one attached hydrogen (secondary N) is 1. The number of carbonyl (C=O) groups excluding carboxylic acids is 1. The van der Waals surface area contributed by atoms with Crippen molar-refractivity contribution in [1.82, 2.24) is 5.32 Å². The van der Waals surface area contributed by atoms with Crippen LogP contribution in [0.4, 0.5) is 4.79 Å². The molecular formula is C15H19NO4S. The first-order valence-electron chi connectivity index (χ1n) is 6.80. The van der Waals surface area contributed by atoms with E-state index in [-0.39, 0.29) is 18.9 Å². The molecule has 0 aliphatic carbocycles. The van der Waals surface area contributed by atoms with Gasteiger partial charge in [0.1, 0.15) is 6.61 Å². The van der Waals surface area contributed by atoms with Crippen LogP contribution < -0.4 is 5.32 Å². The highest BCUT2D eigenvalue weighted by Gasteiger charge is 2.44. The quantitative estimate of drug-likeness (QED) is 0.874. The van der Waals surface area contributed by atoms with Crippen LogP contribution in [0.1, 0.15) is 18.9 Å². The Morgan fingerprint density at radius 3 is 2.71 bits per heavy atom. The summed E-state index contributed by atoms with van der Waals surface area (Å²) in [5, 5.41) is 11.9. The molecule has 2 rings (SSSR count). The first-order valence-corrected chi connectivity index (χ1v) is 7.96. The molecule has 1 saturated heterocycles. The summed E-state index contributed by atoms with van der Waals surface area (Å²) in [6.45, 7) is 2.14. The fourth-order valence-electron chi connectivity index (χ4n) is 2.38. The molecule has 1 fully saturated rings. The lowest BCUT2D eigenvalue weighted by Gasteiger charge is -2.32. The van der Waals surface area contributed by atoms with Crippen molar-refractivity contribution in [2.75, 3.05) is 11.5 Å². The summed E-state index contributed by atoms with van der Waals surface area (Å²) in [5.41, 5.74) is 0.179. The lowest BCUT2D eigenvalue weighted by Crippen LogP contribution is -2.54. The topological polar surface area (TPSA) is 75.6 Å². The second-order valence-electron chi connectivity index (χ2n) is 5.33. The predicted molar refractivity (Wildman–Crippen MR) is 81.2 cm³/mol. The number of hydrogen-bond donors (Lipinski definition) is 2. The number of carbonyl (C=O) groups is 2. The lowest BCUT2D eigenvalue weighted by molar-refractivity contribution is -0.138. The van der Waals surface area contributed by atoms with Crippen LogP contribution in [0.2, 0.25) is 0 Å². The zero-order valence-electron chi connectivity index (χ0n) is 11.9. The molecule has 1 aliphatic rings. The Kier molecular flexibility index (Phi) is 5.12. The number of aliphatic carboxylic acids is 1. The van der Waals surface area contributed by atoms with Crippen LogP contribution in [0.25, 0.3) is 0 Å². The molecule has 0 saturated carbocycles. The maximum atomic E-state index is 12.0. The van der Waals surface area contributed by atoms with Gasteiger partial charge in [-0.25, -0.2) is 4.79 Å². The van der Waals surface area contributed by atoms with Crippen LogP contribution in [0.5, 0.6) is 0 Å². The smallest absolute Gasteiger partial charge is 0.407 e. The molecule has 2 atom stereocenters. The maximum absolute atomic E-state index is 12.0. The van der Waals surface area contributed by atoms with Gasteiger partial charge in [0.15, 0.2) is 0 Å². The molecule has 1 aliphatic heterocycles. The standard InChI is InChI=1S/C15H19NO4S/c1-11-9-21-10-15(11,7-13(17)18)16-14(19)20-8-12-5-3-2-4-6-12/h2-6,11H,7-10H2,1H3,(H,16,19)(H,17,18). The Labute approximate surface area is 128 Å². The van der Waals surface area contributed by atoms with E-state index in [2.05, 4.69) is 5.32 Å². The van der Waals surface area contributed by atoms with E-state index in [1.54, 1.807) is 11.8 Å². The van der Waals surface area contributed by atoms with Crippen LogP contribution in [0, 0.1) is 5.92 Å². The summed E-state index contributed by atoms with van der Waals surface area (Å²) in [5.74, 6) is 0.628. The summed E-state index contributed by atoms with van der Waals surface area (Å²) >= 11 is 1.65. The minimum absolute atomic E-state index is 0.0817. The summed E-state index contributed by atoms with van der Waals surface area (Å²) in [4.78, 5) is 23.0. The van der Waals surface area contributed by atoms with Crippen molar-refractivity contribution in [1.29, 1.82) is 0 Å². The van der Waals surface area contributed by atoms with Crippen molar-refractivity contribution in [2.24, 2.45) is 5.92 Å². The SMILES string of the molecule is CC1CSCC1(CC(=O)O)NC(=O)OCc1ccccc1. The minimum Gasteiger partial charge on any atom is -0.481 e. The van der Waals surface area contributed by atoms with Gasteiger partial charge >= 0.3 is 12.1 Å². The zero-order valence-corrected chi connectivity index (χ0v) is 12.7.